The van der Waals surface area contributed by atoms with Gasteiger partial charge in [0, 0.05) is 50.6 Å². The molecule has 2 aliphatic heterocycles. The van der Waals surface area contributed by atoms with Crippen LogP contribution in [-0.4, -0.2) is 56.4 Å². The fourth-order valence-corrected chi connectivity index (χ4v) is 3.86. The molecule has 2 aliphatic rings. The van der Waals surface area contributed by atoms with Crippen LogP contribution >= 0.6 is 0 Å². The number of nitrogens with zero attached hydrogens (tertiary/aromatic N) is 2. The summed E-state index contributed by atoms with van der Waals surface area (Å²) in [5, 5.41) is 14.0. The molecule has 1 unspecified atom stereocenters. The number of hydrogen-bond donors (Lipinski definition) is 2. The van der Waals surface area contributed by atoms with Gasteiger partial charge in [-0.05, 0) is 47.9 Å². The van der Waals surface area contributed by atoms with Gasteiger partial charge >= 0.3 is 0 Å². The number of rotatable bonds is 5. The van der Waals surface area contributed by atoms with Crippen molar-refractivity contribution in [3.05, 3.63) is 53.6 Å². The summed E-state index contributed by atoms with van der Waals surface area (Å²) >= 11 is 0. The summed E-state index contributed by atoms with van der Waals surface area (Å²) < 4.78 is 5.23. The van der Waals surface area contributed by atoms with Crippen LogP contribution in [0.2, 0.25) is 0 Å². The Morgan fingerprint density at radius 3 is 2.58 bits per heavy atom. The molecule has 5 heteroatoms. The smallest absolute Gasteiger partial charge is 0.119 e. The first kappa shape index (κ1) is 17.2. The maximum atomic E-state index is 10.7. The normalized spacial score (nSPS) is 18.3. The van der Waals surface area contributed by atoms with Gasteiger partial charge in [0.1, 0.15) is 5.75 Å². The number of ether oxygens (including phenoxy) is 1. The van der Waals surface area contributed by atoms with Gasteiger partial charge in [-0.1, -0.05) is 12.1 Å². The average molecular weight is 353 g/mol. The number of β-amino-alcohol motifs (C(OH)–C–C–N with tert-alkyl or cyclic N) is 1. The van der Waals surface area contributed by atoms with E-state index in [4.69, 9.17) is 4.74 Å². The van der Waals surface area contributed by atoms with Crippen molar-refractivity contribution in [3.8, 4) is 5.75 Å². The molecule has 0 aliphatic carbocycles. The number of fused-ring (bicyclic) bond motifs is 1. The van der Waals surface area contributed by atoms with Crippen LogP contribution in [-0.2, 0) is 6.42 Å². The largest absolute Gasteiger partial charge is 0.497 e. The maximum Gasteiger partial charge on any atom is 0.119 e. The van der Waals surface area contributed by atoms with E-state index in [1.54, 1.807) is 7.11 Å². The van der Waals surface area contributed by atoms with Crippen molar-refractivity contribution in [3.63, 3.8) is 0 Å². The third-order valence-corrected chi connectivity index (χ3v) is 5.46. The molecule has 0 bridgehead atoms. The quantitative estimate of drug-likeness (QED) is 0.865. The monoisotopic (exact) mass is 353 g/mol. The van der Waals surface area contributed by atoms with E-state index in [9.17, 15) is 5.11 Å². The molecule has 0 amide bonds. The van der Waals surface area contributed by atoms with Gasteiger partial charge in [0.2, 0.25) is 0 Å². The summed E-state index contributed by atoms with van der Waals surface area (Å²) in [6, 6.07) is 14.6. The third-order valence-electron chi connectivity index (χ3n) is 5.46. The van der Waals surface area contributed by atoms with E-state index in [-0.39, 0.29) is 0 Å². The summed E-state index contributed by atoms with van der Waals surface area (Å²) in [6.45, 7) is 5.59. The minimum Gasteiger partial charge on any atom is -0.497 e. The average Bonchev–Trinajstić information content (AvgIpc) is 3.16. The third kappa shape index (κ3) is 3.64. The first-order chi connectivity index (χ1) is 12.7. The van der Waals surface area contributed by atoms with Gasteiger partial charge in [0.15, 0.2) is 0 Å². The molecule has 5 nitrogen and oxygen atoms in total. The minimum absolute atomic E-state index is 0.423. The number of nitrogens with one attached hydrogen (secondary N) is 1. The van der Waals surface area contributed by atoms with Crippen molar-refractivity contribution in [1.29, 1.82) is 0 Å². The number of aliphatic hydroxyl groups is 1. The lowest BCUT2D eigenvalue weighted by molar-refractivity contribution is 0.109. The molecule has 0 radical (unpaired) electrons. The van der Waals surface area contributed by atoms with Gasteiger partial charge in [0.25, 0.3) is 0 Å². The molecule has 4 rings (SSSR count). The molecule has 2 heterocycles. The van der Waals surface area contributed by atoms with Crippen molar-refractivity contribution >= 4 is 11.4 Å². The Bertz CT molecular complexity index is 739. The van der Waals surface area contributed by atoms with Crippen LogP contribution in [0, 0.1) is 0 Å². The zero-order valence-corrected chi connectivity index (χ0v) is 15.3. The number of anilines is 2. The van der Waals surface area contributed by atoms with E-state index in [2.05, 4.69) is 45.4 Å². The van der Waals surface area contributed by atoms with Crippen molar-refractivity contribution < 1.29 is 9.84 Å². The Morgan fingerprint density at radius 2 is 1.85 bits per heavy atom. The Hall–Kier alpha value is -2.24. The molecular weight excluding hydrogens is 326 g/mol. The van der Waals surface area contributed by atoms with Crippen LogP contribution in [0.25, 0.3) is 0 Å². The number of piperazine rings is 1. The summed E-state index contributed by atoms with van der Waals surface area (Å²) in [5.41, 5.74) is 4.81. The van der Waals surface area contributed by atoms with Crippen LogP contribution in [0.3, 0.4) is 0 Å². The van der Waals surface area contributed by atoms with E-state index >= 15 is 0 Å². The van der Waals surface area contributed by atoms with Crippen molar-refractivity contribution in [2.24, 2.45) is 0 Å². The highest BCUT2D eigenvalue weighted by atomic mass is 16.5. The molecule has 2 N–H and O–H groups in total. The number of benzene rings is 2. The Morgan fingerprint density at radius 1 is 1.08 bits per heavy atom. The fraction of sp³-hybridized carbons (Fsp3) is 0.429. The zero-order valence-electron chi connectivity index (χ0n) is 15.3. The molecule has 0 saturated carbocycles. The van der Waals surface area contributed by atoms with E-state index in [1.807, 2.05) is 12.1 Å². The van der Waals surface area contributed by atoms with E-state index in [0.29, 0.717) is 6.54 Å². The highest BCUT2D eigenvalue weighted by molar-refractivity contribution is 5.56. The van der Waals surface area contributed by atoms with Crippen LogP contribution < -0.4 is 15.0 Å². The molecule has 1 saturated heterocycles. The molecule has 26 heavy (non-hydrogen) atoms. The van der Waals surface area contributed by atoms with Crippen molar-refractivity contribution in [2.45, 2.75) is 12.5 Å². The first-order valence-corrected chi connectivity index (χ1v) is 9.39. The molecule has 138 valence electrons. The fourth-order valence-electron chi connectivity index (χ4n) is 3.86. The molecule has 1 fully saturated rings. The maximum absolute atomic E-state index is 10.7. The predicted octanol–water partition coefficient (Wildman–Crippen LogP) is 2.52. The van der Waals surface area contributed by atoms with Gasteiger partial charge in [0.05, 0.1) is 13.2 Å². The van der Waals surface area contributed by atoms with E-state index in [1.165, 1.54) is 16.9 Å². The van der Waals surface area contributed by atoms with Crippen LogP contribution in [0.15, 0.2) is 42.5 Å². The first-order valence-electron chi connectivity index (χ1n) is 9.39. The lowest BCUT2D eigenvalue weighted by Crippen LogP contribution is -2.47. The molecule has 0 spiro atoms. The Balaban J connectivity index is 1.31. The van der Waals surface area contributed by atoms with Crippen molar-refractivity contribution in [2.75, 3.05) is 56.6 Å². The molecule has 2 aromatic carbocycles. The number of methoxy groups -OCH3 is 1. The second kappa shape index (κ2) is 7.56. The molecule has 1 atom stereocenters. The molecule has 2 aromatic rings. The lowest BCUT2D eigenvalue weighted by Gasteiger charge is -2.37. The summed E-state index contributed by atoms with van der Waals surface area (Å²) in [7, 11) is 1.69. The summed E-state index contributed by atoms with van der Waals surface area (Å²) in [5.74, 6) is 0.889. The van der Waals surface area contributed by atoms with Gasteiger partial charge in [-0.15, -0.1) is 0 Å². The van der Waals surface area contributed by atoms with Gasteiger partial charge in [-0.2, -0.15) is 0 Å². The Labute approximate surface area is 155 Å². The number of aliphatic hydroxyl groups excluding tert-OH is 1. The van der Waals surface area contributed by atoms with Gasteiger partial charge < -0.3 is 20.1 Å². The van der Waals surface area contributed by atoms with Crippen LogP contribution in [0.1, 0.15) is 17.2 Å². The zero-order chi connectivity index (χ0) is 17.9. The highest BCUT2D eigenvalue weighted by Gasteiger charge is 2.21. The van der Waals surface area contributed by atoms with Crippen LogP contribution in [0.5, 0.6) is 5.75 Å². The van der Waals surface area contributed by atoms with E-state index < -0.39 is 6.10 Å². The SMILES string of the molecule is COc1ccc(N2CCN(CC(O)c3ccc4c(c3)CCN4)CC2)cc1. The van der Waals surface area contributed by atoms with Crippen molar-refractivity contribution in [1.82, 2.24) is 4.90 Å². The topological polar surface area (TPSA) is 48.0 Å². The summed E-state index contributed by atoms with van der Waals surface area (Å²) in [4.78, 5) is 4.75. The van der Waals surface area contributed by atoms with E-state index in [0.717, 1.165) is 50.5 Å². The second-order valence-electron chi connectivity index (χ2n) is 7.09. The molecule has 0 aromatic heterocycles. The predicted molar refractivity (Wildman–Crippen MR) is 105 cm³/mol. The lowest BCUT2D eigenvalue weighted by atomic mass is 10.0. The number of hydrogen-bond acceptors (Lipinski definition) is 5. The summed E-state index contributed by atoms with van der Waals surface area (Å²) in [6.07, 6.45) is 0.629. The van der Waals surface area contributed by atoms with Gasteiger partial charge in [-0.25, -0.2) is 0 Å². The second-order valence-corrected chi connectivity index (χ2v) is 7.09. The van der Waals surface area contributed by atoms with Crippen LogP contribution in [0.4, 0.5) is 11.4 Å². The Kier molecular flexibility index (Phi) is 5.00. The standard InChI is InChI=1S/C21H27N3O2/c1-26-19-5-3-18(4-6-19)24-12-10-23(11-13-24)15-21(25)17-2-7-20-16(14-17)8-9-22-20/h2-7,14,21-22,25H,8-13,15H2,1H3. The minimum atomic E-state index is -0.423. The van der Waals surface area contributed by atoms with Gasteiger partial charge in [-0.3, -0.25) is 4.90 Å². The highest BCUT2D eigenvalue weighted by Crippen LogP contribution is 2.27. The molecular formula is C21H27N3O2.